The maximum atomic E-state index is 13.4. The number of hydrogen-bond donors (Lipinski definition) is 2. The molecule has 0 aromatic heterocycles. The summed E-state index contributed by atoms with van der Waals surface area (Å²) in [4.78, 5) is 0. The molecule has 3 N–H and O–H groups in total. The first kappa shape index (κ1) is 12.2. The molecule has 0 unspecified atom stereocenters. The molecule has 0 bridgehead atoms. The third kappa shape index (κ3) is 2.69. The standard InChI is InChI=1S/C13H12FIN2/c1-8-10(14)3-2-4-12(8)17-13-6-5-9(15)7-11(13)16/h2-7,17H,16H2,1H3. The van der Waals surface area contributed by atoms with Crippen molar-refractivity contribution in [2.45, 2.75) is 6.92 Å². The van der Waals surface area contributed by atoms with Crippen LogP contribution >= 0.6 is 22.6 Å². The van der Waals surface area contributed by atoms with Gasteiger partial charge in [-0.25, -0.2) is 4.39 Å². The molecule has 0 aliphatic carbocycles. The molecule has 0 radical (unpaired) electrons. The Kier molecular flexibility index (Phi) is 3.51. The minimum atomic E-state index is -0.223. The lowest BCUT2D eigenvalue weighted by Gasteiger charge is -2.12. The number of anilines is 3. The molecular weight excluding hydrogens is 330 g/mol. The number of nitrogens with two attached hydrogens (primary N) is 1. The minimum Gasteiger partial charge on any atom is -0.397 e. The van der Waals surface area contributed by atoms with Gasteiger partial charge >= 0.3 is 0 Å². The van der Waals surface area contributed by atoms with Gasteiger partial charge in [0.25, 0.3) is 0 Å². The van der Waals surface area contributed by atoms with E-state index in [0.29, 0.717) is 11.3 Å². The highest BCUT2D eigenvalue weighted by atomic mass is 127. The lowest BCUT2D eigenvalue weighted by molar-refractivity contribution is 0.619. The average Bonchev–Trinajstić information content (AvgIpc) is 2.28. The van der Waals surface area contributed by atoms with Crippen LogP contribution in [-0.4, -0.2) is 0 Å². The van der Waals surface area contributed by atoms with Crippen LogP contribution in [0.25, 0.3) is 0 Å². The lowest BCUT2D eigenvalue weighted by atomic mass is 10.1. The van der Waals surface area contributed by atoms with Crippen molar-refractivity contribution >= 4 is 39.7 Å². The summed E-state index contributed by atoms with van der Waals surface area (Å²) in [5.74, 6) is -0.223. The number of hydrogen-bond acceptors (Lipinski definition) is 2. The van der Waals surface area contributed by atoms with E-state index in [2.05, 4.69) is 27.9 Å². The smallest absolute Gasteiger partial charge is 0.128 e. The molecule has 0 atom stereocenters. The summed E-state index contributed by atoms with van der Waals surface area (Å²) in [6.45, 7) is 1.74. The second kappa shape index (κ2) is 4.91. The van der Waals surface area contributed by atoms with Crippen LogP contribution in [0.5, 0.6) is 0 Å². The lowest BCUT2D eigenvalue weighted by Crippen LogP contribution is -1.99. The molecule has 0 fully saturated rings. The van der Waals surface area contributed by atoms with Crippen molar-refractivity contribution in [2.75, 3.05) is 11.1 Å². The van der Waals surface area contributed by atoms with Gasteiger partial charge in [-0.05, 0) is 59.8 Å². The summed E-state index contributed by atoms with van der Waals surface area (Å²) in [6.07, 6.45) is 0. The molecule has 17 heavy (non-hydrogen) atoms. The molecule has 2 aromatic carbocycles. The van der Waals surface area contributed by atoms with E-state index in [1.165, 1.54) is 6.07 Å². The van der Waals surface area contributed by atoms with Crippen molar-refractivity contribution in [1.29, 1.82) is 0 Å². The van der Waals surface area contributed by atoms with E-state index in [9.17, 15) is 4.39 Å². The molecule has 2 rings (SSSR count). The largest absolute Gasteiger partial charge is 0.397 e. The fourth-order valence-electron chi connectivity index (χ4n) is 1.54. The van der Waals surface area contributed by atoms with Crippen LogP contribution in [0.2, 0.25) is 0 Å². The fraction of sp³-hybridized carbons (Fsp3) is 0.0769. The van der Waals surface area contributed by atoms with Gasteiger partial charge in [0.1, 0.15) is 5.82 Å². The zero-order valence-corrected chi connectivity index (χ0v) is 11.5. The first-order valence-corrected chi connectivity index (χ1v) is 6.23. The summed E-state index contributed by atoms with van der Waals surface area (Å²) in [7, 11) is 0. The highest BCUT2D eigenvalue weighted by Crippen LogP contribution is 2.27. The van der Waals surface area contributed by atoms with E-state index in [1.807, 2.05) is 24.3 Å². The maximum Gasteiger partial charge on any atom is 0.128 e. The summed E-state index contributed by atoms with van der Waals surface area (Å²) in [5, 5.41) is 3.14. The first-order valence-electron chi connectivity index (χ1n) is 5.15. The van der Waals surface area contributed by atoms with Gasteiger partial charge in [0.2, 0.25) is 0 Å². The quantitative estimate of drug-likeness (QED) is 0.638. The van der Waals surface area contributed by atoms with Crippen LogP contribution in [0.4, 0.5) is 21.5 Å². The molecule has 2 aromatic rings. The molecule has 0 saturated carbocycles. The van der Waals surface area contributed by atoms with Crippen molar-refractivity contribution in [3.8, 4) is 0 Å². The molecule has 0 spiro atoms. The van der Waals surface area contributed by atoms with E-state index >= 15 is 0 Å². The van der Waals surface area contributed by atoms with Crippen molar-refractivity contribution in [3.05, 3.63) is 51.3 Å². The van der Waals surface area contributed by atoms with E-state index in [-0.39, 0.29) is 5.82 Å². The van der Waals surface area contributed by atoms with E-state index in [0.717, 1.165) is 14.9 Å². The predicted molar refractivity (Wildman–Crippen MR) is 78.0 cm³/mol. The summed E-state index contributed by atoms with van der Waals surface area (Å²) in [5.41, 5.74) is 8.66. The Morgan fingerprint density at radius 1 is 1.18 bits per heavy atom. The summed E-state index contributed by atoms with van der Waals surface area (Å²) < 4.78 is 14.4. The van der Waals surface area contributed by atoms with Crippen molar-refractivity contribution in [2.24, 2.45) is 0 Å². The molecule has 2 nitrogen and oxygen atoms in total. The minimum absolute atomic E-state index is 0.223. The Morgan fingerprint density at radius 2 is 1.94 bits per heavy atom. The number of halogens is 2. The Balaban J connectivity index is 2.35. The topological polar surface area (TPSA) is 38.0 Å². The zero-order valence-electron chi connectivity index (χ0n) is 9.30. The number of nitrogen functional groups attached to an aromatic ring is 1. The number of rotatable bonds is 2. The van der Waals surface area contributed by atoms with Gasteiger partial charge in [0.05, 0.1) is 11.4 Å². The van der Waals surface area contributed by atoms with Gasteiger partial charge in [-0.2, -0.15) is 0 Å². The molecule has 0 aliphatic heterocycles. The van der Waals surface area contributed by atoms with Gasteiger partial charge in [-0.1, -0.05) is 6.07 Å². The van der Waals surface area contributed by atoms with Crippen molar-refractivity contribution in [1.82, 2.24) is 0 Å². The Labute approximate surface area is 113 Å². The fourth-order valence-corrected chi connectivity index (χ4v) is 2.05. The van der Waals surface area contributed by atoms with Gasteiger partial charge in [-0.15, -0.1) is 0 Å². The van der Waals surface area contributed by atoms with E-state index in [4.69, 9.17) is 5.73 Å². The van der Waals surface area contributed by atoms with Gasteiger partial charge in [-0.3, -0.25) is 0 Å². The second-order valence-electron chi connectivity index (χ2n) is 3.77. The molecule has 88 valence electrons. The number of nitrogens with one attached hydrogen (secondary N) is 1. The van der Waals surface area contributed by atoms with Crippen LogP contribution in [0.15, 0.2) is 36.4 Å². The molecule has 0 aliphatic rings. The maximum absolute atomic E-state index is 13.4. The van der Waals surface area contributed by atoms with Gasteiger partial charge in [0, 0.05) is 14.8 Å². The Bertz CT molecular complexity index is 555. The number of benzene rings is 2. The van der Waals surface area contributed by atoms with Gasteiger partial charge in [0.15, 0.2) is 0 Å². The molecule has 4 heteroatoms. The van der Waals surface area contributed by atoms with E-state index in [1.54, 1.807) is 13.0 Å². The monoisotopic (exact) mass is 342 g/mol. The molecular formula is C13H12FIN2. The van der Waals surface area contributed by atoms with E-state index < -0.39 is 0 Å². The predicted octanol–water partition coefficient (Wildman–Crippen LogP) is 4.06. The molecule has 0 amide bonds. The van der Waals surface area contributed by atoms with Crippen LogP contribution in [0.3, 0.4) is 0 Å². The summed E-state index contributed by atoms with van der Waals surface area (Å²) in [6, 6.07) is 10.7. The SMILES string of the molecule is Cc1c(F)cccc1Nc1ccc(I)cc1N. The molecule has 0 saturated heterocycles. The van der Waals surface area contributed by atoms with Crippen molar-refractivity contribution in [3.63, 3.8) is 0 Å². The first-order chi connectivity index (χ1) is 8.08. The second-order valence-corrected chi connectivity index (χ2v) is 5.01. The third-order valence-corrected chi connectivity index (χ3v) is 3.22. The molecule has 0 heterocycles. The van der Waals surface area contributed by atoms with Crippen LogP contribution in [0, 0.1) is 16.3 Å². The van der Waals surface area contributed by atoms with Crippen molar-refractivity contribution < 1.29 is 4.39 Å². The zero-order chi connectivity index (χ0) is 12.4. The Morgan fingerprint density at radius 3 is 2.65 bits per heavy atom. The average molecular weight is 342 g/mol. The van der Waals surface area contributed by atoms with Gasteiger partial charge < -0.3 is 11.1 Å². The third-order valence-electron chi connectivity index (χ3n) is 2.55. The van der Waals surface area contributed by atoms with Crippen LogP contribution in [0.1, 0.15) is 5.56 Å². The normalized spacial score (nSPS) is 10.3. The van der Waals surface area contributed by atoms with Crippen LogP contribution < -0.4 is 11.1 Å². The Hall–Kier alpha value is -1.30. The van der Waals surface area contributed by atoms with Crippen LogP contribution in [-0.2, 0) is 0 Å². The summed E-state index contributed by atoms with van der Waals surface area (Å²) >= 11 is 2.20. The highest BCUT2D eigenvalue weighted by molar-refractivity contribution is 14.1. The highest BCUT2D eigenvalue weighted by Gasteiger charge is 2.05.